The third-order valence-corrected chi connectivity index (χ3v) is 3.19. The summed E-state index contributed by atoms with van der Waals surface area (Å²) in [4.78, 5) is 2.45. The molecule has 1 aliphatic heterocycles. The Hall–Kier alpha value is -1.22. The van der Waals surface area contributed by atoms with Crippen LogP contribution in [-0.4, -0.2) is 32.3 Å². The van der Waals surface area contributed by atoms with Crippen molar-refractivity contribution in [3.05, 3.63) is 24.3 Å². The summed E-state index contributed by atoms with van der Waals surface area (Å²) in [7, 11) is 0. The van der Waals surface area contributed by atoms with Crippen molar-refractivity contribution in [2.75, 3.05) is 31.1 Å². The first kappa shape index (κ1) is 13.2. The first-order valence-electron chi connectivity index (χ1n) is 6.97. The number of ether oxygens (including phenoxy) is 1. The highest BCUT2D eigenvalue weighted by molar-refractivity contribution is 5.58. The molecule has 0 radical (unpaired) electrons. The lowest BCUT2D eigenvalue weighted by Gasteiger charge is -2.24. The van der Waals surface area contributed by atoms with Gasteiger partial charge in [0, 0.05) is 19.1 Å². The van der Waals surface area contributed by atoms with E-state index in [0.717, 1.165) is 38.4 Å². The summed E-state index contributed by atoms with van der Waals surface area (Å²) < 4.78 is 5.77. The van der Waals surface area contributed by atoms with Gasteiger partial charge in [-0.05, 0) is 31.5 Å². The van der Waals surface area contributed by atoms with E-state index in [1.54, 1.807) is 0 Å². The zero-order valence-electron chi connectivity index (χ0n) is 11.5. The lowest BCUT2D eigenvalue weighted by molar-refractivity contribution is 0.322. The van der Waals surface area contributed by atoms with Crippen molar-refractivity contribution in [1.82, 2.24) is 5.32 Å². The van der Waals surface area contributed by atoms with Gasteiger partial charge in [-0.15, -0.1) is 0 Å². The molecule has 1 aromatic rings. The lowest BCUT2D eigenvalue weighted by atomic mass is 10.2. The van der Waals surface area contributed by atoms with Crippen LogP contribution in [0.15, 0.2) is 24.3 Å². The molecule has 0 amide bonds. The molecule has 18 heavy (non-hydrogen) atoms. The van der Waals surface area contributed by atoms with Gasteiger partial charge >= 0.3 is 0 Å². The molecule has 100 valence electrons. The van der Waals surface area contributed by atoms with Crippen molar-refractivity contribution in [3.63, 3.8) is 0 Å². The summed E-state index contributed by atoms with van der Waals surface area (Å²) in [5, 5.41) is 3.47. The zero-order valence-corrected chi connectivity index (χ0v) is 11.5. The van der Waals surface area contributed by atoms with Crippen molar-refractivity contribution < 1.29 is 4.74 Å². The van der Waals surface area contributed by atoms with E-state index in [-0.39, 0.29) is 0 Å². The molecule has 1 heterocycles. The smallest absolute Gasteiger partial charge is 0.142 e. The van der Waals surface area contributed by atoms with Crippen molar-refractivity contribution in [2.45, 2.75) is 32.7 Å². The minimum Gasteiger partial charge on any atom is -0.491 e. The summed E-state index contributed by atoms with van der Waals surface area (Å²) in [6.45, 7) is 8.48. The Labute approximate surface area is 110 Å². The molecule has 0 spiro atoms. The van der Waals surface area contributed by atoms with Gasteiger partial charge in [-0.2, -0.15) is 0 Å². The molecule has 3 heteroatoms. The summed E-state index contributed by atoms with van der Waals surface area (Å²) in [6, 6.07) is 8.94. The number of nitrogens with one attached hydrogen (secondary N) is 1. The maximum atomic E-state index is 5.77. The number of rotatable bonds is 5. The average Bonchev–Trinajstić information content (AvgIpc) is 2.57. The largest absolute Gasteiger partial charge is 0.491 e. The van der Waals surface area contributed by atoms with Crippen LogP contribution in [0.3, 0.4) is 0 Å². The number of fused-ring (bicyclic) bond motifs is 1. The molecule has 1 aliphatic rings. The van der Waals surface area contributed by atoms with Crippen molar-refractivity contribution in [3.8, 4) is 5.75 Å². The molecule has 0 unspecified atom stereocenters. The van der Waals surface area contributed by atoms with Crippen molar-refractivity contribution in [2.24, 2.45) is 0 Å². The second-order valence-corrected chi connectivity index (χ2v) is 5.12. The molecule has 0 saturated heterocycles. The van der Waals surface area contributed by atoms with Crippen LogP contribution in [0, 0.1) is 0 Å². The number of benzene rings is 1. The van der Waals surface area contributed by atoms with Crippen molar-refractivity contribution >= 4 is 5.69 Å². The molecular formula is C15H24N2O. The van der Waals surface area contributed by atoms with E-state index in [1.165, 1.54) is 12.1 Å². The van der Waals surface area contributed by atoms with Gasteiger partial charge in [0.05, 0.1) is 12.3 Å². The molecule has 0 atom stereocenters. The fourth-order valence-electron chi connectivity index (χ4n) is 2.29. The monoisotopic (exact) mass is 248 g/mol. The Kier molecular flexibility index (Phi) is 4.88. The Morgan fingerprint density at radius 2 is 2.17 bits per heavy atom. The number of hydrogen-bond acceptors (Lipinski definition) is 3. The van der Waals surface area contributed by atoms with Crippen LogP contribution in [0.1, 0.15) is 26.7 Å². The Morgan fingerprint density at radius 1 is 1.33 bits per heavy atom. The predicted octanol–water partition coefficient (Wildman–Crippen LogP) is 2.66. The summed E-state index contributed by atoms with van der Waals surface area (Å²) in [5.41, 5.74) is 1.25. The minimum atomic E-state index is 0.574. The molecule has 0 saturated carbocycles. The Balaban J connectivity index is 1.91. The van der Waals surface area contributed by atoms with Crippen LogP contribution in [0.25, 0.3) is 0 Å². The quantitative estimate of drug-likeness (QED) is 0.811. The number of hydrogen-bond donors (Lipinski definition) is 1. The van der Waals surface area contributed by atoms with E-state index in [2.05, 4.69) is 42.3 Å². The summed E-state index contributed by atoms with van der Waals surface area (Å²) in [5.74, 6) is 1.03. The second kappa shape index (κ2) is 6.64. The molecule has 3 nitrogen and oxygen atoms in total. The first-order valence-corrected chi connectivity index (χ1v) is 6.97. The number of nitrogens with zero attached hydrogens (tertiary/aromatic N) is 1. The van der Waals surface area contributed by atoms with E-state index in [1.807, 2.05) is 6.07 Å². The van der Waals surface area contributed by atoms with E-state index in [9.17, 15) is 0 Å². The molecule has 0 bridgehead atoms. The van der Waals surface area contributed by atoms with Crippen LogP contribution in [-0.2, 0) is 0 Å². The van der Waals surface area contributed by atoms with E-state index >= 15 is 0 Å². The molecule has 0 fully saturated rings. The topological polar surface area (TPSA) is 24.5 Å². The van der Waals surface area contributed by atoms with Gasteiger partial charge in [-0.3, -0.25) is 0 Å². The van der Waals surface area contributed by atoms with Gasteiger partial charge < -0.3 is 15.0 Å². The Morgan fingerprint density at radius 3 is 3.00 bits per heavy atom. The zero-order chi connectivity index (χ0) is 12.8. The van der Waals surface area contributed by atoms with E-state index in [0.29, 0.717) is 6.04 Å². The SMILES string of the molecule is CC(C)NCCCN1CCCOc2ccccc21. The third kappa shape index (κ3) is 3.64. The average molecular weight is 248 g/mol. The van der Waals surface area contributed by atoms with Crippen LogP contribution in [0.5, 0.6) is 5.75 Å². The maximum Gasteiger partial charge on any atom is 0.142 e. The maximum absolute atomic E-state index is 5.77. The number of anilines is 1. The standard InChI is InChI=1S/C15H24N2O/c1-13(2)16-9-5-10-17-11-6-12-18-15-8-4-3-7-14(15)17/h3-4,7-8,13,16H,5-6,9-12H2,1-2H3. The normalized spacial score (nSPS) is 15.2. The van der Waals surface area contributed by atoms with Gasteiger partial charge in [0.2, 0.25) is 0 Å². The van der Waals surface area contributed by atoms with Crippen LogP contribution < -0.4 is 15.0 Å². The minimum absolute atomic E-state index is 0.574. The molecule has 0 aliphatic carbocycles. The molecule has 1 aromatic carbocycles. The molecule has 0 aromatic heterocycles. The van der Waals surface area contributed by atoms with Gasteiger partial charge in [-0.25, -0.2) is 0 Å². The van der Waals surface area contributed by atoms with Crippen LogP contribution in [0.2, 0.25) is 0 Å². The second-order valence-electron chi connectivity index (χ2n) is 5.12. The fraction of sp³-hybridized carbons (Fsp3) is 0.600. The van der Waals surface area contributed by atoms with E-state index < -0.39 is 0 Å². The van der Waals surface area contributed by atoms with Gasteiger partial charge in [0.25, 0.3) is 0 Å². The highest BCUT2D eigenvalue weighted by atomic mass is 16.5. The van der Waals surface area contributed by atoms with Gasteiger partial charge in [0.15, 0.2) is 0 Å². The fourth-order valence-corrected chi connectivity index (χ4v) is 2.29. The summed E-state index contributed by atoms with van der Waals surface area (Å²) in [6.07, 6.45) is 2.28. The van der Waals surface area contributed by atoms with E-state index in [4.69, 9.17) is 4.74 Å². The van der Waals surface area contributed by atoms with Crippen LogP contribution in [0.4, 0.5) is 5.69 Å². The Bertz CT molecular complexity index is 365. The third-order valence-electron chi connectivity index (χ3n) is 3.19. The molecule has 1 N–H and O–H groups in total. The highest BCUT2D eigenvalue weighted by Crippen LogP contribution is 2.30. The summed E-state index contributed by atoms with van der Waals surface area (Å²) >= 11 is 0. The highest BCUT2D eigenvalue weighted by Gasteiger charge is 2.14. The predicted molar refractivity (Wildman–Crippen MR) is 76.5 cm³/mol. The molecular weight excluding hydrogens is 224 g/mol. The van der Waals surface area contributed by atoms with Crippen LogP contribution >= 0.6 is 0 Å². The first-order chi connectivity index (χ1) is 8.77. The lowest BCUT2D eigenvalue weighted by Crippen LogP contribution is -2.30. The molecule has 2 rings (SSSR count). The van der Waals surface area contributed by atoms with Gasteiger partial charge in [0.1, 0.15) is 5.75 Å². The van der Waals surface area contributed by atoms with Gasteiger partial charge in [-0.1, -0.05) is 26.0 Å². The van der Waals surface area contributed by atoms with Crippen molar-refractivity contribution in [1.29, 1.82) is 0 Å². The number of para-hydroxylation sites is 2.